The van der Waals surface area contributed by atoms with Crippen molar-refractivity contribution in [3.8, 4) is 0 Å². The fourth-order valence-electron chi connectivity index (χ4n) is 3.87. The predicted molar refractivity (Wildman–Crippen MR) is 113 cm³/mol. The topological polar surface area (TPSA) is 67.4 Å². The third-order valence-corrected chi connectivity index (χ3v) is 5.28. The molecule has 2 aromatic carbocycles. The molecule has 3 rings (SSSR count). The molecule has 0 saturated carbocycles. The molecule has 32 heavy (non-hydrogen) atoms. The highest BCUT2D eigenvalue weighted by atomic mass is 19.4. The van der Waals surface area contributed by atoms with Crippen LogP contribution < -0.4 is 10.6 Å². The number of rotatable bonds is 5. The Hall–Kier alpha value is -3.55. The second-order valence-electron chi connectivity index (χ2n) is 7.38. The summed E-state index contributed by atoms with van der Waals surface area (Å²) in [7, 11) is 1.15. The Labute approximate surface area is 184 Å². The number of halogens is 3. The molecule has 0 radical (unpaired) electrons. The van der Waals surface area contributed by atoms with Gasteiger partial charge in [-0.3, -0.25) is 4.79 Å². The zero-order chi connectivity index (χ0) is 23.5. The summed E-state index contributed by atoms with van der Waals surface area (Å²) in [6.07, 6.45) is -4.67. The third-order valence-electron chi connectivity index (χ3n) is 5.28. The van der Waals surface area contributed by atoms with Gasteiger partial charge in [0.1, 0.15) is 0 Å². The van der Waals surface area contributed by atoms with Crippen LogP contribution >= 0.6 is 0 Å². The van der Waals surface area contributed by atoms with E-state index in [0.29, 0.717) is 11.4 Å². The molecule has 0 aromatic heterocycles. The van der Waals surface area contributed by atoms with Gasteiger partial charge in [-0.1, -0.05) is 48.5 Å². The molecule has 0 saturated heterocycles. The fourth-order valence-corrected chi connectivity index (χ4v) is 3.87. The molecule has 2 N–H and O–H groups in total. The minimum atomic E-state index is -4.67. The summed E-state index contributed by atoms with van der Waals surface area (Å²) in [4.78, 5) is 25.8. The first kappa shape index (κ1) is 23.1. The van der Waals surface area contributed by atoms with E-state index in [1.807, 2.05) is 30.3 Å². The van der Waals surface area contributed by atoms with Gasteiger partial charge < -0.3 is 15.4 Å². The van der Waals surface area contributed by atoms with Crippen molar-refractivity contribution in [1.29, 1.82) is 0 Å². The molecule has 1 heterocycles. The maximum atomic E-state index is 13.8. The molecule has 5 nitrogen and oxygen atoms in total. The molecule has 8 heteroatoms. The largest absolute Gasteiger partial charge is 0.466 e. The lowest BCUT2D eigenvalue weighted by atomic mass is 9.78. The van der Waals surface area contributed by atoms with Crippen molar-refractivity contribution < 1.29 is 27.5 Å². The van der Waals surface area contributed by atoms with Crippen LogP contribution in [0.3, 0.4) is 0 Å². The fraction of sp³-hybridized carbons (Fsp3) is 0.250. The molecule has 1 aliphatic rings. The van der Waals surface area contributed by atoms with E-state index in [9.17, 15) is 22.8 Å². The van der Waals surface area contributed by atoms with Gasteiger partial charge in [0.05, 0.1) is 24.2 Å². The Bertz CT molecular complexity index is 1090. The maximum absolute atomic E-state index is 13.8. The first-order valence-corrected chi connectivity index (χ1v) is 9.90. The molecule has 0 fully saturated rings. The molecular formula is C24H23F3N2O3. The highest BCUT2D eigenvalue weighted by Gasteiger charge is 2.42. The molecule has 0 spiro atoms. The smallest absolute Gasteiger partial charge is 0.416 e. The van der Waals surface area contributed by atoms with Crippen LogP contribution in [0.5, 0.6) is 0 Å². The van der Waals surface area contributed by atoms with E-state index >= 15 is 0 Å². The van der Waals surface area contributed by atoms with Crippen molar-refractivity contribution in [2.75, 3.05) is 7.11 Å². The van der Waals surface area contributed by atoms with E-state index in [-0.39, 0.29) is 23.3 Å². The number of hydrogen-bond donors (Lipinski definition) is 2. The number of dihydropyridines is 1. The number of allylic oxidation sites excluding steroid dienone is 2. The first-order valence-electron chi connectivity index (χ1n) is 9.90. The Kier molecular flexibility index (Phi) is 6.72. The number of nitrogens with one attached hydrogen (secondary N) is 2. The first-order chi connectivity index (χ1) is 15.1. The van der Waals surface area contributed by atoms with E-state index in [1.54, 1.807) is 13.8 Å². The maximum Gasteiger partial charge on any atom is 0.416 e. The van der Waals surface area contributed by atoms with Crippen molar-refractivity contribution in [1.82, 2.24) is 10.6 Å². The Balaban J connectivity index is 2.11. The second kappa shape index (κ2) is 9.30. The van der Waals surface area contributed by atoms with Crippen LogP contribution in [0, 0.1) is 0 Å². The van der Waals surface area contributed by atoms with E-state index in [0.717, 1.165) is 18.7 Å². The number of benzene rings is 2. The lowest BCUT2D eigenvalue weighted by Crippen LogP contribution is -2.36. The zero-order valence-electron chi connectivity index (χ0n) is 17.8. The van der Waals surface area contributed by atoms with Crippen molar-refractivity contribution in [2.24, 2.45) is 0 Å². The number of ether oxygens (including phenoxy) is 1. The van der Waals surface area contributed by atoms with Gasteiger partial charge in [0.25, 0.3) is 0 Å². The highest BCUT2D eigenvalue weighted by Crippen LogP contribution is 2.44. The molecule has 0 unspecified atom stereocenters. The highest BCUT2D eigenvalue weighted by molar-refractivity contribution is 6.02. The van der Waals surface area contributed by atoms with E-state index in [4.69, 9.17) is 4.74 Å². The van der Waals surface area contributed by atoms with E-state index in [2.05, 4.69) is 10.6 Å². The van der Waals surface area contributed by atoms with Crippen LogP contribution in [0.4, 0.5) is 13.2 Å². The molecule has 1 atom stereocenters. The Morgan fingerprint density at radius 1 is 0.969 bits per heavy atom. The quantitative estimate of drug-likeness (QED) is 0.670. The number of carbonyl (C=O) groups is 2. The summed E-state index contributed by atoms with van der Waals surface area (Å²) in [6, 6.07) is 14.1. The van der Waals surface area contributed by atoms with Gasteiger partial charge in [-0.15, -0.1) is 0 Å². The number of esters is 1. The van der Waals surface area contributed by atoms with Crippen LogP contribution in [-0.4, -0.2) is 19.0 Å². The van der Waals surface area contributed by atoms with Gasteiger partial charge >= 0.3 is 12.1 Å². The summed E-state index contributed by atoms with van der Waals surface area (Å²) in [6.45, 7) is 3.34. The minimum Gasteiger partial charge on any atom is -0.466 e. The third kappa shape index (κ3) is 4.69. The van der Waals surface area contributed by atoms with Gasteiger partial charge in [-0.2, -0.15) is 13.2 Å². The van der Waals surface area contributed by atoms with Crippen molar-refractivity contribution in [3.63, 3.8) is 0 Å². The summed E-state index contributed by atoms with van der Waals surface area (Å²) in [5.74, 6) is -2.63. The second-order valence-corrected chi connectivity index (χ2v) is 7.38. The number of amides is 1. The predicted octanol–water partition coefficient (Wildman–Crippen LogP) is 4.43. The summed E-state index contributed by atoms with van der Waals surface area (Å²) < 4.78 is 46.4. The van der Waals surface area contributed by atoms with Crippen molar-refractivity contribution in [2.45, 2.75) is 32.5 Å². The summed E-state index contributed by atoms with van der Waals surface area (Å²) in [5, 5.41) is 5.70. The van der Waals surface area contributed by atoms with Gasteiger partial charge in [0, 0.05) is 23.5 Å². The van der Waals surface area contributed by atoms with Crippen LogP contribution in [0.1, 0.15) is 36.5 Å². The number of alkyl halides is 3. The van der Waals surface area contributed by atoms with Crippen LogP contribution in [0.25, 0.3) is 0 Å². The van der Waals surface area contributed by atoms with Crippen LogP contribution in [0.2, 0.25) is 0 Å². The normalized spacial score (nSPS) is 16.5. The average molecular weight is 444 g/mol. The van der Waals surface area contributed by atoms with Gasteiger partial charge in [-0.25, -0.2) is 4.79 Å². The number of carbonyl (C=O) groups excluding carboxylic acids is 2. The van der Waals surface area contributed by atoms with Crippen LogP contribution in [-0.2, 0) is 27.0 Å². The van der Waals surface area contributed by atoms with Gasteiger partial charge in [0.2, 0.25) is 5.91 Å². The molecule has 1 aliphatic heterocycles. The molecule has 2 aromatic rings. The van der Waals surface area contributed by atoms with Gasteiger partial charge in [0.15, 0.2) is 0 Å². The number of hydrogen-bond acceptors (Lipinski definition) is 4. The van der Waals surface area contributed by atoms with Gasteiger partial charge in [-0.05, 0) is 31.0 Å². The average Bonchev–Trinajstić information content (AvgIpc) is 2.76. The SMILES string of the molecule is COC(=O)C1=C(C)NC(C)=C(C(=O)NCc2ccccc2)[C@H]1c1ccccc1C(F)(F)F. The molecule has 0 bridgehead atoms. The standard InChI is InChI=1S/C24H23F3N2O3/c1-14-19(22(30)28-13-16-9-5-4-6-10-16)21(20(15(2)29-14)23(31)32-3)17-11-7-8-12-18(17)24(25,26)27/h4-12,21,29H,13H2,1-3H3,(H,28,30)/t21-/m1/s1. The molecule has 168 valence electrons. The minimum absolute atomic E-state index is 0.0311. The van der Waals surface area contributed by atoms with Crippen molar-refractivity contribution >= 4 is 11.9 Å². The molecule has 1 amide bonds. The number of methoxy groups -OCH3 is 1. The van der Waals surface area contributed by atoms with E-state index in [1.165, 1.54) is 18.2 Å². The summed E-state index contributed by atoms with van der Waals surface area (Å²) in [5.41, 5.74) is 0.407. The van der Waals surface area contributed by atoms with Crippen LogP contribution in [0.15, 0.2) is 77.1 Å². The molecular weight excluding hydrogens is 421 g/mol. The zero-order valence-corrected chi connectivity index (χ0v) is 17.8. The summed E-state index contributed by atoms with van der Waals surface area (Å²) >= 11 is 0. The van der Waals surface area contributed by atoms with E-state index < -0.39 is 29.5 Å². The lowest BCUT2D eigenvalue weighted by molar-refractivity contribution is -0.139. The van der Waals surface area contributed by atoms with Crippen molar-refractivity contribution in [3.05, 3.63) is 93.8 Å². The monoisotopic (exact) mass is 444 g/mol. The Morgan fingerprint density at radius 3 is 2.19 bits per heavy atom. The molecule has 0 aliphatic carbocycles. The Morgan fingerprint density at radius 2 is 1.56 bits per heavy atom. The lowest BCUT2D eigenvalue weighted by Gasteiger charge is -2.32.